The van der Waals surface area contributed by atoms with Crippen molar-refractivity contribution in [2.45, 2.75) is 64.5 Å². The van der Waals surface area contributed by atoms with Crippen molar-refractivity contribution in [1.29, 1.82) is 10.8 Å². The summed E-state index contributed by atoms with van der Waals surface area (Å²) in [7, 11) is 0. The Labute approximate surface area is 146 Å². The Balaban J connectivity index is 0.00000264. The average Bonchev–Trinajstić information content (AvgIpc) is 3.16. The summed E-state index contributed by atoms with van der Waals surface area (Å²) in [6.45, 7) is 11.5. The fraction of sp³-hybridized carbons (Fsp3) is 0.875. The Bertz CT molecular complexity index is 417. The molecule has 0 amide bonds. The zero-order chi connectivity index (χ0) is 16.4. The molecule has 23 heavy (non-hydrogen) atoms. The van der Waals surface area contributed by atoms with Crippen molar-refractivity contribution in [3.05, 3.63) is 0 Å². The zero-order valence-electron chi connectivity index (χ0n) is 14.9. The molecule has 0 aromatic heterocycles. The number of nitrogens with zero attached hydrogens (tertiary/aromatic N) is 4. The second-order valence-electron chi connectivity index (χ2n) is 7.40. The molecule has 2 aliphatic heterocycles. The molecule has 0 aromatic rings. The first kappa shape index (κ1) is 19.9. The van der Waals surface area contributed by atoms with Gasteiger partial charge in [-0.1, -0.05) is 0 Å². The van der Waals surface area contributed by atoms with Gasteiger partial charge in [0.2, 0.25) is 0 Å². The van der Waals surface area contributed by atoms with E-state index < -0.39 is 11.1 Å². The minimum Gasteiger partial charge on any atom is -0.358 e. The van der Waals surface area contributed by atoms with Crippen LogP contribution < -0.4 is 0 Å². The summed E-state index contributed by atoms with van der Waals surface area (Å²) in [4.78, 5) is 4.19. The molecule has 2 heterocycles. The van der Waals surface area contributed by atoms with Crippen LogP contribution in [0.5, 0.6) is 0 Å². The van der Waals surface area contributed by atoms with Crippen LogP contribution in [-0.4, -0.2) is 58.7 Å². The van der Waals surface area contributed by atoms with Crippen molar-refractivity contribution < 1.29 is 0 Å². The van der Waals surface area contributed by atoms with Gasteiger partial charge < -0.3 is 9.80 Å². The first-order valence-corrected chi connectivity index (χ1v) is 8.36. The molecular formula is C16H31ClN6. The van der Waals surface area contributed by atoms with Crippen LogP contribution in [0.1, 0.15) is 53.4 Å². The van der Waals surface area contributed by atoms with Gasteiger partial charge in [0, 0.05) is 26.2 Å². The Morgan fingerprint density at radius 3 is 1.22 bits per heavy atom. The van der Waals surface area contributed by atoms with Crippen LogP contribution in [0.4, 0.5) is 0 Å². The average molecular weight is 343 g/mol. The zero-order valence-corrected chi connectivity index (χ0v) is 15.7. The standard InChI is InChI=1S/C16H30N6.ClH/c1-15(2,13(17)21-9-5-6-10-21)19-20-16(3,4)14(18)22-11-7-8-12-22;/h17-18H,5-12H2,1-4H3;1H/b17-13?,18-14?,20-19+;. The Kier molecular flexibility index (Phi) is 6.57. The van der Waals surface area contributed by atoms with Gasteiger partial charge >= 0.3 is 0 Å². The molecule has 0 aromatic carbocycles. The van der Waals surface area contributed by atoms with Gasteiger partial charge in [0.25, 0.3) is 0 Å². The molecule has 132 valence electrons. The molecule has 2 rings (SSSR count). The highest BCUT2D eigenvalue weighted by molar-refractivity contribution is 5.89. The van der Waals surface area contributed by atoms with Crippen molar-refractivity contribution in [2.75, 3.05) is 26.2 Å². The maximum absolute atomic E-state index is 8.38. The number of hydrogen-bond acceptors (Lipinski definition) is 4. The van der Waals surface area contributed by atoms with E-state index >= 15 is 0 Å². The SMILES string of the molecule is CC(C)(/N=N/C(C)(C)C(=N)N1CCCC1)C(=N)N1CCCC1.Cl. The lowest BCUT2D eigenvalue weighted by Gasteiger charge is -2.31. The van der Waals surface area contributed by atoms with Crippen LogP contribution in [0.15, 0.2) is 10.2 Å². The lowest BCUT2D eigenvalue weighted by atomic mass is 10.0. The minimum absolute atomic E-state index is 0. The van der Waals surface area contributed by atoms with Gasteiger partial charge in [-0.25, -0.2) is 0 Å². The Hall–Kier alpha value is -1.17. The van der Waals surface area contributed by atoms with E-state index in [9.17, 15) is 0 Å². The second kappa shape index (κ2) is 7.60. The summed E-state index contributed by atoms with van der Waals surface area (Å²) in [5.74, 6) is 1.08. The van der Waals surface area contributed by atoms with Gasteiger partial charge in [-0.05, 0) is 53.4 Å². The van der Waals surface area contributed by atoms with E-state index in [0.29, 0.717) is 11.7 Å². The predicted molar refractivity (Wildman–Crippen MR) is 97.3 cm³/mol. The molecule has 0 bridgehead atoms. The van der Waals surface area contributed by atoms with Crippen molar-refractivity contribution in [3.8, 4) is 0 Å². The van der Waals surface area contributed by atoms with E-state index in [1.807, 2.05) is 27.7 Å². The van der Waals surface area contributed by atoms with E-state index in [-0.39, 0.29) is 12.4 Å². The number of azo groups is 1. The van der Waals surface area contributed by atoms with E-state index in [1.54, 1.807) is 0 Å². The third-order valence-corrected chi connectivity index (χ3v) is 4.55. The summed E-state index contributed by atoms with van der Waals surface area (Å²) >= 11 is 0. The molecule has 0 radical (unpaired) electrons. The Morgan fingerprint density at radius 1 is 0.696 bits per heavy atom. The minimum atomic E-state index is -0.632. The lowest BCUT2D eigenvalue weighted by Crippen LogP contribution is -2.44. The van der Waals surface area contributed by atoms with Crippen LogP contribution in [-0.2, 0) is 0 Å². The maximum Gasteiger partial charge on any atom is 0.132 e. The van der Waals surface area contributed by atoms with Crippen molar-refractivity contribution >= 4 is 24.1 Å². The quantitative estimate of drug-likeness (QED) is 0.465. The smallest absolute Gasteiger partial charge is 0.132 e. The fourth-order valence-corrected chi connectivity index (χ4v) is 3.00. The summed E-state index contributed by atoms with van der Waals surface area (Å²) in [5.41, 5.74) is -1.26. The first-order valence-electron chi connectivity index (χ1n) is 8.36. The summed E-state index contributed by atoms with van der Waals surface area (Å²) in [6, 6.07) is 0. The van der Waals surface area contributed by atoms with Gasteiger partial charge in [-0.3, -0.25) is 10.8 Å². The van der Waals surface area contributed by atoms with Crippen molar-refractivity contribution in [1.82, 2.24) is 9.80 Å². The molecular weight excluding hydrogens is 312 g/mol. The number of hydrogen-bond donors (Lipinski definition) is 2. The molecule has 0 aliphatic carbocycles. The van der Waals surface area contributed by atoms with E-state index in [2.05, 4.69) is 20.0 Å². The highest BCUT2D eigenvalue weighted by Crippen LogP contribution is 2.23. The third-order valence-electron chi connectivity index (χ3n) is 4.55. The number of likely N-dealkylation sites (tertiary alicyclic amines) is 2. The number of nitrogens with one attached hydrogen (secondary N) is 2. The summed E-state index contributed by atoms with van der Waals surface area (Å²) in [6.07, 6.45) is 4.61. The van der Waals surface area contributed by atoms with Crippen LogP contribution in [0.2, 0.25) is 0 Å². The van der Waals surface area contributed by atoms with E-state index in [0.717, 1.165) is 51.9 Å². The van der Waals surface area contributed by atoms with Gasteiger partial charge in [0.05, 0.1) is 0 Å². The van der Waals surface area contributed by atoms with Gasteiger partial charge in [-0.2, -0.15) is 10.2 Å². The van der Waals surface area contributed by atoms with Crippen LogP contribution >= 0.6 is 12.4 Å². The largest absolute Gasteiger partial charge is 0.358 e. The van der Waals surface area contributed by atoms with Gasteiger partial charge in [0.1, 0.15) is 22.7 Å². The molecule has 0 atom stereocenters. The predicted octanol–water partition coefficient (Wildman–Crippen LogP) is 3.56. The maximum atomic E-state index is 8.38. The molecule has 6 nitrogen and oxygen atoms in total. The number of halogens is 1. The molecule has 0 unspecified atom stereocenters. The van der Waals surface area contributed by atoms with E-state index in [1.165, 1.54) is 0 Å². The topological polar surface area (TPSA) is 78.9 Å². The summed E-state index contributed by atoms with van der Waals surface area (Å²) in [5, 5.41) is 25.7. The molecule has 0 saturated carbocycles. The molecule has 2 saturated heterocycles. The second-order valence-corrected chi connectivity index (χ2v) is 7.40. The first-order chi connectivity index (χ1) is 10.2. The third kappa shape index (κ3) is 4.66. The molecule has 7 heteroatoms. The summed E-state index contributed by atoms with van der Waals surface area (Å²) < 4.78 is 0. The Morgan fingerprint density at radius 2 is 0.957 bits per heavy atom. The van der Waals surface area contributed by atoms with Crippen molar-refractivity contribution in [2.24, 2.45) is 10.2 Å². The molecule has 2 N–H and O–H groups in total. The fourth-order valence-electron chi connectivity index (χ4n) is 3.00. The number of rotatable bonds is 4. The number of amidine groups is 2. The van der Waals surface area contributed by atoms with Gasteiger partial charge in [-0.15, -0.1) is 12.4 Å². The monoisotopic (exact) mass is 342 g/mol. The van der Waals surface area contributed by atoms with Crippen molar-refractivity contribution in [3.63, 3.8) is 0 Å². The highest BCUT2D eigenvalue weighted by atomic mass is 35.5. The molecule has 0 spiro atoms. The lowest BCUT2D eigenvalue weighted by molar-refractivity contribution is 0.429. The van der Waals surface area contributed by atoms with Crippen LogP contribution in [0.25, 0.3) is 0 Å². The van der Waals surface area contributed by atoms with Crippen LogP contribution in [0, 0.1) is 10.8 Å². The molecule has 2 aliphatic rings. The highest BCUT2D eigenvalue weighted by Gasteiger charge is 2.33. The van der Waals surface area contributed by atoms with Gasteiger partial charge in [0.15, 0.2) is 0 Å². The molecule has 2 fully saturated rings. The van der Waals surface area contributed by atoms with Crippen LogP contribution in [0.3, 0.4) is 0 Å². The van der Waals surface area contributed by atoms with E-state index in [4.69, 9.17) is 10.8 Å². The normalized spacial score (nSPS) is 19.3.